The highest BCUT2D eigenvalue weighted by Gasteiger charge is 2.35. The van der Waals surface area contributed by atoms with Gasteiger partial charge in [-0.25, -0.2) is 0 Å². The fourth-order valence-electron chi connectivity index (χ4n) is 2.03. The van der Waals surface area contributed by atoms with Crippen LogP contribution in [-0.4, -0.2) is 16.0 Å². The molecule has 2 rings (SSSR count). The Hall–Kier alpha value is -1.42. The second kappa shape index (κ2) is 6.15. The molecule has 100 valence electrons. The molecule has 0 bridgehead atoms. The highest BCUT2D eigenvalue weighted by Crippen LogP contribution is 2.49. The smallest absolute Gasteiger partial charge is 0.312 e. The first-order valence-corrected chi connectivity index (χ1v) is 7.96. The van der Waals surface area contributed by atoms with Crippen molar-refractivity contribution in [3.8, 4) is 0 Å². The van der Waals surface area contributed by atoms with Crippen LogP contribution in [0, 0.1) is 0 Å². The van der Waals surface area contributed by atoms with Crippen molar-refractivity contribution < 1.29 is 19.4 Å². The summed E-state index contributed by atoms with van der Waals surface area (Å²) in [6, 6.07) is 12.0. The minimum atomic E-state index is -3.01. The lowest BCUT2D eigenvalue weighted by Gasteiger charge is -2.20. The normalized spacial score (nSPS) is 15.6. The van der Waals surface area contributed by atoms with Crippen molar-refractivity contribution in [3.63, 3.8) is 0 Å². The number of carboxylic acid groups (broad SMARTS) is 1. The van der Waals surface area contributed by atoms with Gasteiger partial charge in [0.15, 0.2) is 8.03 Å². The molecule has 1 aromatic heterocycles. The summed E-state index contributed by atoms with van der Waals surface area (Å²) in [7, 11) is -3.01. The molecule has 0 amide bonds. The SMILES string of the molecule is O=C(O)C(c1ccccc1)C(c1cccs1)[PH](=O)O. The maximum Gasteiger partial charge on any atom is 0.312 e. The monoisotopic (exact) mass is 296 g/mol. The van der Waals surface area contributed by atoms with Crippen LogP contribution in [-0.2, 0) is 9.36 Å². The summed E-state index contributed by atoms with van der Waals surface area (Å²) < 4.78 is 11.6. The molecule has 0 fully saturated rings. The Morgan fingerprint density at radius 2 is 1.84 bits per heavy atom. The second-order valence-corrected chi connectivity index (χ2v) is 6.34. The molecule has 0 spiro atoms. The van der Waals surface area contributed by atoms with Crippen LogP contribution in [0.25, 0.3) is 0 Å². The predicted octanol–water partition coefficient (Wildman–Crippen LogP) is 3.12. The summed E-state index contributed by atoms with van der Waals surface area (Å²) in [5.74, 6) is -2.09. The summed E-state index contributed by atoms with van der Waals surface area (Å²) in [6.45, 7) is 0. The first kappa shape index (κ1) is 14.0. The van der Waals surface area contributed by atoms with Crippen LogP contribution in [0.2, 0.25) is 0 Å². The van der Waals surface area contributed by atoms with Gasteiger partial charge in [-0.05, 0) is 17.0 Å². The number of hydrogen-bond donors (Lipinski definition) is 2. The molecule has 0 saturated carbocycles. The van der Waals surface area contributed by atoms with E-state index in [0.29, 0.717) is 10.4 Å². The number of benzene rings is 1. The van der Waals surface area contributed by atoms with E-state index in [1.165, 1.54) is 11.3 Å². The van der Waals surface area contributed by atoms with Crippen molar-refractivity contribution in [2.75, 3.05) is 0 Å². The molecule has 0 aliphatic rings. The van der Waals surface area contributed by atoms with E-state index < -0.39 is 25.6 Å². The lowest BCUT2D eigenvalue weighted by Crippen LogP contribution is -2.17. The van der Waals surface area contributed by atoms with Crippen molar-refractivity contribution in [1.29, 1.82) is 0 Å². The van der Waals surface area contributed by atoms with Gasteiger partial charge in [0.1, 0.15) is 0 Å². The average Bonchev–Trinajstić information content (AvgIpc) is 2.89. The molecule has 0 radical (unpaired) electrons. The molecule has 2 N–H and O–H groups in total. The Morgan fingerprint density at radius 3 is 2.32 bits per heavy atom. The third-order valence-electron chi connectivity index (χ3n) is 2.87. The number of aliphatic carboxylic acids is 1. The minimum absolute atomic E-state index is 0.542. The maximum atomic E-state index is 11.6. The fraction of sp³-hybridized carbons (Fsp3) is 0.154. The number of thiophene rings is 1. The van der Waals surface area contributed by atoms with E-state index in [9.17, 15) is 19.4 Å². The van der Waals surface area contributed by atoms with Gasteiger partial charge >= 0.3 is 5.97 Å². The van der Waals surface area contributed by atoms with Gasteiger partial charge < -0.3 is 10.00 Å². The number of carboxylic acids is 1. The van der Waals surface area contributed by atoms with Crippen LogP contribution < -0.4 is 0 Å². The molecule has 1 aromatic carbocycles. The van der Waals surface area contributed by atoms with E-state index in [1.54, 1.807) is 47.8 Å². The first-order valence-electron chi connectivity index (χ1n) is 5.65. The Balaban J connectivity index is 2.48. The van der Waals surface area contributed by atoms with Crippen molar-refractivity contribution >= 4 is 25.3 Å². The maximum absolute atomic E-state index is 11.6. The molecular formula is C13H13O4PS. The zero-order valence-corrected chi connectivity index (χ0v) is 11.7. The molecule has 19 heavy (non-hydrogen) atoms. The van der Waals surface area contributed by atoms with Crippen molar-refractivity contribution in [2.24, 2.45) is 0 Å². The molecule has 0 aliphatic heterocycles. The zero-order valence-electron chi connectivity index (χ0n) is 9.89. The molecule has 0 aliphatic carbocycles. The van der Waals surface area contributed by atoms with E-state index in [-0.39, 0.29) is 0 Å². The van der Waals surface area contributed by atoms with E-state index >= 15 is 0 Å². The van der Waals surface area contributed by atoms with Gasteiger partial charge in [-0.1, -0.05) is 36.4 Å². The van der Waals surface area contributed by atoms with Crippen molar-refractivity contribution in [1.82, 2.24) is 0 Å². The lowest BCUT2D eigenvalue weighted by molar-refractivity contribution is -0.138. The van der Waals surface area contributed by atoms with E-state index in [1.807, 2.05) is 0 Å². The van der Waals surface area contributed by atoms with E-state index in [4.69, 9.17) is 0 Å². The summed E-state index contributed by atoms with van der Waals surface area (Å²) in [5, 5.41) is 11.2. The summed E-state index contributed by atoms with van der Waals surface area (Å²) in [6.07, 6.45) is 0. The standard InChI is InChI=1S/C13H13O4PS/c14-13(15)11(9-5-2-1-3-6-9)12(18(16)17)10-7-4-8-19-10/h1-8,11-12,18H,(H,14,15)(H,16,17). The Bertz CT molecular complexity index is 568. The number of rotatable bonds is 5. The molecule has 4 nitrogen and oxygen atoms in total. The van der Waals surface area contributed by atoms with Crippen LogP contribution in [0.5, 0.6) is 0 Å². The van der Waals surface area contributed by atoms with Crippen LogP contribution in [0.4, 0.5) is 0 Å². The quantitative estimate of drug-likeness (QED) is 0.831. The molecule has 6 heteroatoms. The first-order chi connectivity index (χ1) is 9.11. The average molecular weight is 296 g/mol. The Labute approximate surface area is 115 Å². The Kier molecular flexibility index (Phi) is 4.53. The molecule has 3 atom stereocenters. The molecule has 3 unspecified atom stereocenters. The summed E-state index contributed by atoms with van der Waals surface area (Å²) >= 11 is 1.30. The van der Waals surface area contributed by atoms with Crippen molar-refractivity contribution in [2.45, 2.75) is 11.6 Å². The van der Waals surface area contributed by atoms with Crippen LogP contribution in [0.1, 0.15) is 22.0 Å². The highest BCUT2D eigenvalue weighted by molar-refractivity contribution is 7.39. The zero-order chi connectivity index (χ0) is 13.8. The van der Waals surface area contributed by atoms with Crippen LogP contribution in [0.15, 0.2) is 47.8 Å². The second-order valence-electron chi connectivity index (χ2n) is 4.06. The van der Waals surface area contributed by atoms with Gasteiger partial charge in [-0.15, -0.1) is 11.3 Å². The predicted molar refractivity (Wildman–Crippen MR) is 75.1 cm³/mol. The van der Waals surface area contributed by atoms with Crippen LogP contribution in [0.3, 0.4) is 0 Å². The molecular weight excluding hydrogens is 283 g/mol. The van der Waals surface area contributed by atoms with Gasteiger partial charge in [0.25, 0.3) is 0 Å². The molecule has 1 heterocycles. The van der Waals surface area contributed by atoms with E-state index in [0.717, 1.165) is 0 Å². The van der Waals surface area contributed by atoms with Gasteiger partial charge in [-0.3, -0.25) is 9.36 Å². The third-order valence-corrected chi connectivity index (χ3v) is 5.21. The fourth-order valence-corrected chi connectivity index (χ4v) is 4.26. The van der Waals surface area contributed by atoms with Gasteiger partial charge in [-0.2, -0.15) is 0 Å². The van der Waals surface area contributed by atoms with Gasteiger partial charge in [0, 0.05) is 4.88 Å². The van der Waals surface area contributed by atoms with E-state index in [2.05, 4.69) is 0 Å². The summed E-state index contributed by atoms with van der Waals surface area (Å²) in [5.41, 5.74) is -0.342. The third kappa shape index (κ3) is 3.13. The largest absolute Gasteiger partial charge is 0.481 e. The minimum Gasteiger partial charge on any atom is -0.481 e. The number of hydrogen-bond acceptors (Lipinski definition) is 3. The Morgan fingerprint density at radius 1 is 1.16 bits per heavy atom. The summed E-state index contributed by atoms with van der Waals surface area (Å²) in [4.78, 5) is 21.7. The highest BCUT2D eigenvalue weighted by atomic mass is 32.1. The van der Waals surface area contributed by atoms with Crippen molar-refractivity contribution in [3.05, 3.63) is 58.3 Å². The molecule has 2 aromatic rings. The lowest BCUT2D eigenvalue weighted by atomic mass is 9.94. The van der Waals surface area contributed by atoms with Crippen LogP contribution >= 0.6 is 19.4 Å². The number of carbonyl (C=O) groups is 1. The van der Waals surface area contributed by atoms with Gasteiger partial charge in [0.2, 0.25) is 0 Å². The van der Waals surface area contributed by atoms with Gasteiger partial charge in [0.05, 0.1) is 11.6 Å². The topological polar surface area (TPSA) is 74.6 Å². The molecule has 0 saturated heterocycles.